The van der Waals surface area contributed by atoms with Crippen molar-refractivity contribution in [1.82, 2.24) is 19.9 Å². The van der Waals surface area contributed by atoms with E-state index in [9.17, 15) is 9.90 Å². The summed E-state index contributed by atoms with van der Waals surface area (Å²) in [4.78, 5) is 28.1. The van der Waals surface area contributed by atoms with Gasteiger partial charge in [0.25, 0.3) is 0 Å². The summed E-state index contributed by atoms with van der Waals surface area (Å²) in [6.45, 7) is 4.30. The lowest BCUT2D eigenvalue weighted by Gasteiger charge is -2.26. The number of likely N-dealkylation sites (tertiary alicyclic amines) is 1. The molecule has 1 aliphatic rings. The Labute approximate surface area is 205 Å². The summed E-state index contributed by atoms with van der Waals surface area (Å²) < 4.78 is 5.93. The maximum Gasteiger partial charge on any atom is 0.413 e. The minimum atomic E-state index is -1.10. The van der Waals surface area contributed by atoms with E-state index in [1.54, 1.807) is 12.3 Å². The highest BCUT2D eigenvalue weighted by atomic mass is 16.5. The quantitative estimate of drug-likeness (QED) is 0.391. The van der Waals surface area contributed by atoms with Gasteiger partial charge in [0.05, 0.1) is 24.9 Å². The lowest BCUT2D eigenvalue weighted by molar-refractivity contribution is 0.201. The van der Waals surface area contributed by atoms with Gasteiger partial charge in [-0.25, -0.2) is 14.8 Å². The Morgan fingerprint density at radius 1 is 1.06 bits per heavy atom. The molecule has 4 rings (SSSR count). The Morgan fingerprint density at radius 2 is 1.89 bits per heavy atom. The van der Waals surface area contributed by atoms with Crippen molar-refractivity contribution >= 4 is 17.6 Å². The third-order valence-corrected chi connectivity index (χ3v) is 6.02. The highest BCUT2D eigenvalue weighted by molar-refractivity contribution is 5.84. The van der Waals surface area contributed by atoms with Crippen LogP contribution in [0.3, 0.4) is 0 Å². The fourth-order valence-corrected chi connectivity index (χ4v) is 4.20. The molecular formula is C26H32N6O3. The van der Waals surface area contributed by atoms with Gasteiger partial charge in [-0.2, -0.15) is 0 Å². The zero-order valence-corrected chi connectivity index (χ0v) is 19.8. The maximum absolute atomic E-state index is 12.0. The molecule has 1 fully saturated rings. The molecule has 1 saturated heterocycles. The van der Waals surface area contributed by atoms with Crippen LogP contribution in [0.5, 0.6) is 5.75 Å². The van der Waals surface area contributed by atoms with Gasteiger partial charge in [0, 0.05) is 24.6 Å². The number of carboxylic acid groups (broad SMARTS) is 1. The molecule has 1 amide bonds. The molecule has 1 unspecified atom stereocenters. The molecule has 35 heavy (non-hydrogen) atoms. The van der Waals surface area contributed by atoms with Crippen LogP contribution in [0.4, 0.5) is 16.3 Å². The predicted octanol–water partition coefficient (Wildman–Crippen LogP) is 4.46. The Kier molecular flexibility index (Phi) is 8.83. The summed E-state index contributed by atoms with van der Waals surface area (Å²) in [6, 6.07) is 14.5. The number of pyridine rings is 1. The third-order valence-electron chi connectivity index (χ3n) is 6.02. The molecule has 0 aliphatic carbocycles. The second kappa shape index (κ2) is 12.7. The topological polar surface area (TPSA) is 104 Å². The van der Waals surface area contributed by atoms with Crippen molar-refractivity contribution in [2.45, 2.75) is 31.7 Å². The number of hydrogen-bond acceptors (Lipinski definition) is 7. The van der Waals surface area contributed by atoms with E-state index in [-0.39, 0.29) is 6.54 Å². The zero-order chi connectivity index (χ0) is 24.3. The van der Waals surface area contributed by atoms with Gasteiger partial charge < -0.3 is 20.1 Å². The van der Waals surface area contributed by atoms with Crippen LogP contribution in [0, 0.1) is 0 Å². The maximum atomic E-state index is 12.0. The van der Waals surface area contributed by atoms with Crippen LogP contribution in [0.15, 0.2) is 67.3 Å². The Balaban J connectivity index is 1.37. The Hall–Kier alpha value is -3.72. The summed E-state index contributed by atoms with van der Waals surface area (Å²) in [5.41, 5.74) is 1.57. The number of benzene rings is 1. The molecule has 0 radical (unpaired) electrons. The van der Waals surface area contributed by atoms with Crippen LogP contribution in [-0.4, -0.2) is 63.8 Å². The van der Waals surface area contributed by atoms with Crippen molar-refractivity contribution in [2.24, 2.45) is 0 Å². The molecular weight excluding hydrogens is 444 g/mol. The first-order valence-corrected chi connectivity index (χ1v) is 12.1. The molecule has 1 aliphatic heterocycles. The SMILES string of the molecule is O=C(O)N(CC(Nc1ccc(OCCCN2CCCCC2)cc1)c1ccccn1)c1ccncn1. The fraction of sp³-hybridized carbons (Fsp3) is 0.385. The summed E-state index contributed by atoms with van der Waals surface area (Å²) in [5.74, 6) is 1.13. The number of hydrogen-bond donors (Lipinski definition) is 2. The molecule has 184 valence electrons. The molecule has 2 N–H and O–H groups in total. The Morgan fingerprint density at radius 3 is 2.57 bits per heavy atom. The smallest absolute Gasteiger partial charge is 0.413 e. The Bertz CT molecular complexity index is 1030. The van der Waals surface area contributed by atoms with Gasteiger partial charge in [0.2, 0.25) is 0 Å². The number of piperidine rings is 1. The summed E-state index contributed by atoms with van der Waals surface area (Å²) >= 11 is 0. The molecule has 0 spiro atoms. The van der Waals surface area contributed by atoms with Crippen molar-refractivity contribution in [3.63, 3.8) is 0 Å². The number of nitrogens with zero attached hydrogens (tertiary/aromatic N) is 5. The van der Waals surface area contributed by atoms with Gasteiger partial charge in [0.15, 0.2) is 0 Å². The lowest BCUT2D eigenvalue weighted by atomic mass is 10.1. The fourth-order valence-electron chi connectivity index (χ4n) is 4.20. The first kappa shape index (κ1) is 24.4. The summed E-state index contributed by atoms with van der Waals surface area (Å²) in [7, 11) is 0. The number of rotatable bonds is 11. The van der Waals surface area contributed by atoms with E-state index in [4.69, 9.17) is 4.74 Å². The first-order valence-electron chi connectivity index (χ1n) is 12.1. The molecule has 9 nitrogen and oxygen atoms in total. The van der Waals surface area contributed by atoms with E-state index < -0.39 is 12.1 Å². The minimum absolute atomic E-state index is 0.123. The highest BCUT2D eigenvalue weighted by Gasteiger charge is 2.23. The highest BCUT2D eigenvalue weighted by Crippen LogP contribution is 2.24. The van der Waals surface area contributed by atoms with Crippen LogP contribution in [0.1, 0.15) is 37.4 Å². The minimum Gasteiger partial charge on any atom is -0.494 e. The monoisotopic (exact) mass is 476 g/mol. The van der Waals surface area contributed by atoms with E-state index in [1.165, 1.54) is 49.8 Å². The van der Waals surface area contributed by atoms with Gasteiger partial charge in [-0.15, -0.1) is 0 Å². The number of amides is 1. The largest absolute Gasteiger partial charge is 0.494 e. The van der Waals surface area contributed by atoms with Crippen LogP contribution >= 0.6 is 0 Å². The molecule has 1 atom stereocenters. The first-order chi connectivity index (χ1) is 17.2. The average Bonchev–Trinajstić information content (AvgIpc) is 2.91. The number of ether oxygens (including phenoxy) is 1. The number of aromatic nitrogens is 3. The van der Waals surface area contributed by atoms with Crippen molar-refractivity contribution in [2.75, 3.05) is 43.0 Å². The van der Waals surface area contributed by atoms with Crippen molar-refractivity contribution < 1.29 is 14.6 Å². The van der Waals surface area contributed by atoms with Crippen molar-refractivity contribution in [1.29, 1.82) is 0 Å². The predicted molar refractivity (Wildman–Crippen MR) is 135 cm³/mol. The van der Waals surface area contributed by atoms with E-state index >= 15 is 0 Å². The third kappa shape index (κ3) is 7.38. The van der Waals surface area contributed by atoms with Crippen molar-refractivity contribution in [3.05, 3.63) is 72.9 Å². The van der Waals surface area contributed by atoms with E-state index in [0.29, 0.717) is 12.4 Å². The van der Waals surface area contributed by atoms with Crippen LogP contribution in [-0.2, 0) is 0 Å². The zero-order valence-electron chi connectivity index (χ0n) is 19.8. The molecule has 9 heteroatoms. The second-order valence-corrected chi connectivity index (χ2v) is 8.54. The van der Waals surface area contributed by atoms with Gasteiger partial charge in [-0.1, -0.05) is 12.5 Å². The molecule has 0 bridgehead atoms. The number of anilines is 2. The van der Waals surface area contributed by atoms with Crippen molar-refractivity contribution in [3.8, 4) is 5.75 Å². The van der Waals surface area contributed by atoms with E-state index in [1.807, 2.05) is 42.5 Å². The van der Waals surface area contributed by atoms with Gasteiger partial charge in [0.1, 0.15) is 17.9 Å². The number of carbonyl (C=O) groups is 1. The molecule has 3 aromatic rings. The van der Waals surface area contributed by atoms with Gasteiger partial charge in [-0.3, -0.25) is 9.88 Å². The van der Waals surface area contributed by atoms with Crippen LogP contribution < -0.4 is 15.0 Å². The summed E-state index contributed by atoms with van der Waals surface area (Å²) in [5, 5.41) is 13.2. The summed E-state index contributed by atoms with van der Waals surface area (Å²) in [6.07, 6.45) is 8.42. The average molecular weight is 477 g/mol. The standard InChI is InChI=1S/C26H32N6O3/c33-26(34)32(25-12-14-27-20-29-25)19-24(23-7-2-3-13-28-23)30-21-8-10-22(11-9-21)35-18-6-17-31-15-4-1-5-16-31/h2-3,7-14,20,24,30H,1,4-6,15-19H2,(H,33,34). The normalized spacial score (nSPS) is 14.7. The molecule has 0 saturated carbocycles. The molecule has 2 aromatic heterocycles. The second-order valence-electron chi connectivity index (χ2n) is 8.54. The van der Waals surface area contributed by atoms with Crippen LogP contribution in [0.25, 0.3) is 0 Å². The van der Waals surface area contributed by atoms with Crippen LogP contribution in [0.2, 0.25) is 0 Å². The van der Waals surface area contributed by atoms with E-state index in [2.05, 4.69) is 25.2 Å². The van der Waals surface area contributed by atoms with Gasteiger partial charge >= 0.3 is 6.09 Å². The van der Waals surface area contributed by atoms with Gasteiger partial charge in [-0.05, 0) is 74.8 Å². The van der Waals surface area contributed by atoms with E-state index in [0.717, 1.165) is 30.1 Å². The molecule has 3 heterocycles. The number of nitrogens with one attached hydrogen (secondary N) is 1. The lowest BCUT2D eigenvalue weighted by Crippen LogP contribution is -2.36. The molecule has 1 aromatic carbocycles.